The van der Waals surface area contributed by atoms with Gasteiger partial charge in [0.05, 0.1) is 5.60 Å². The summed E-state index contributed by atoms with van der Waals surface area (Å²) in [6.45, 7) is 6.03. The summed E-state index contributed by atoms with van der Waals surface area (Å²) in [5.74, 6) is 0.0887. The Bertz CT molecular complexity index is 491. The van der Waals surface area contributed by atoms with Gasteiger partial charge in [0.15, 0.2) is 5.13 Å². The number of anilines is 2. The van der Waals surface area contributed by atoms with Gasteiger partial charge in [0.2, 0.25) is 0 Å². The smallest absolute Gasteiger partial charge is 0.267 e. The van der Waals surface area contributed by atoms with Crippen LogP contribution in [0.5, 0.6) is 0 Å². The van der Waals surface area contributed by atoms with Crippen molar-refractivity contribution in [3.05, 3.63) is 4.88 Å². The predicted octanol–water partition coefficient (Wildman–Crippen LogP) is 1.53. The van der Waals surface area contributed by atoms with E-state index in [4.69, 9.17) is 5.73 Å². The van der Waals surface area contributed by atoms with Crippen molar-refractivity contribution in [2.45, 2.75) is 45.3 Å². The van der Waals surface area contributed by atoms with Crippen molar-refractivity contribution in [3.63, 3.8) is 0 Å². The zero-order valence-corrected chi connectivity index (χ0v) is 13.0. The average molecular weight is 298 g/mol. The van der Waals surface area contributed by atoms with Gasteiger partial charge in [-0.15, -0.1) is 0 Å². The first-order valence-electron chi connectivity index (χ1n) is 6.84. The molecule has 2 rings (SSSR count). The summed E-state index contributed by atoms with van der Waals surface area (Å²) in [4.78, 5) is 18.7. The van der Waals surface area contributed by atoms with Gasteiger partial charge in [0, 0.05) is 19.1 Å². The Kier molecular flexibility index (Phi) is 4.19. The molecule has 1 aliphatic carbocycles. The maximum absolute atomic E-state index is 12.5. The van der Waals surface area contributed by atoms with Crippen LogP contribution < -0.4 is 11.1 Å². The average Bonchev–Trinajstić information content (AvgIpc) is 3.07. The molecule has 0 spiro atoms. The molecule has 0 aromatic carbocycles. The van der Waals surface area contributed by atoms with Crippen LogP contribution in [0, 0.1) is 0 Å². The number of nitrogens with zero attached hydrogens (tertiary/aromatic N) is 2. The monoisotopic (exact) mass is 298 g/mol. The minimum Gasteiger partial charge on any atom is -0.389 e. The van der Waals surface area contributed by atoms with E-state index in [-0.39, 0.29) is 18.3 Å². The second kappa shape index (κ2) is 5.57. The van der Waals surface area contributed by atoms with E-state index in [1.807, 2.05) is 6.92 Å². The second-order valence-corrected chi connectivity index (χ2v) is 6.78. The van der Waals surface area contributed by atoms with E-state index in [1.54, 1.807) is 18.7 Å². The Morgan fingerprint density at radius 2 is 2.25 bits per heavy atom. The van der Waals surface area contributed by atoms with Crippen molar-refractivity contribution >= 4 is 28.2 Å². The molecule has 0 unspecified atom stereocenters. The fourth-order valence-electron chi connectivity index (χ4n) is 1.89. The highest BCUT2D eigenvalue weighted by atomic mass is 32.1. The van der Waals surface area contributed by atoms with Gasteiger partial charge in [-0.25, -0.2) is 4.98 Å². The van der Waals surface area contributed by atoms with Crippen LogP contribution in [0.25, 0.3) is 0 Å². The van der Waals surface area contributed by atoms with Crippen LogP contribution in [0.2, 0.25) is 0 Å². The molecule has 1 heterocycles. The standard InChI is InChI=1S/C13H22N4O2S/c1-4-17(7-13(2,3)19)11(18)9-10(14)16-12(20-9)15-8-5-6-8/h8,19H,4-7,14H2,1-3H3,(H,15,16). The number of thiazole rings is 1. The Hall–Kier alpha value is -1.34. The third-order valence-corrected chi connectivity index (χ3v) is 3.99. The number of carbonyl (C=O) groups is 1. The first-order valence-corrected chi connectivity index (χ1v) is 7.66. The van der Waals surface area contributed by atoms with Gasteiger partial charge in [-0.05, 0) is 33.6 Å². The van der Waals surface area contributed by atoms with Crippen LogP contribution in [-0.4, -0.2) is 45.6 Å². The molecule has 0 bridgehead atoms. The fourth-order valence-corrected chi connectivity index (χ4v) is 2.82. The van der Waals surface area contributed by atoms with E-state index in [0.29, 0.717) is 22.6 Å². The summed E-state index contributed by atoms with van der Waals surface area (Å²) in [6, 6.07) is 0.474. The number of aromatic nitrogens is 1. The Balaban J connectivity index is 2.11. The van der Waals surface area contributed by atoms with E-state index in [9.17, 15) is 9.90 Å². The summed E-state index contributed by atoms with van der Waals surface area (Å²) in [6.07, 6.45) is 2.28. The van der Waals surface area contributed by atoms with E-state index < -0.39 is 5.60 Å². The topological polar surface area (TPSA) is 91.5 Å². The number of likely N-dealkylation sites (N-methyl/N-ethyl adjacent to an activating group) is 1. The molecular weight excluding hydrogens is 276 g/mol. The maximum Gasteiger partial charge on any atom is 0.267 e. The van der Waals surface area contributed by atoms with Gasteiger partial charge in [0.25, 0.3) is 5.91 Å². The van der Waals surface area contributed by atoms with Crippen molar-refractivity contribution in [2.24, 2.45) is 0 Å². The summed E-state index contributed by atoms with van der Waals surface area (Å²) >= 11 is 1.29. The van der Waals surface area contributed by atoms with E-state index in [0.717, 1.165) is 12.8 Å². The van der Waals surface area contributed by atoms with Gasteiger partial charge >= 0.3 is 0 Å². The number of carbonyl (C=O) groups excluding carboxylic acids is 1. The quantitative estimate of drug-likeness (QED) is 0.741. The van der Waals surface area contributed by atoms with Crippen LogP contribution in [0.15, 0.2) is 0 Å². The zero-order valence-electron chi connectivity index (χ0n) is 12.1. The van der Waals surface area contributed by atoms with Crippen molar-refractivity contribution in [1.29, 1.82) is 0 Å². The molecule has 0 radical (unpaired) electrons. The molecule has 0 atom stereocenters. The summed E-state index contributed by atoms with van der Waals surface area (Å²) in [5, 5.41) is 13.8. The number of rotatable bonds is 6. The first kappa shape index (κ1) is 15.1. The highest BCUT2D eigenvalue weighted by Crippen LogP contribution is 2.31. The number of nitrogen functional groups attached to an aromatic ring is 1. The second-order valence-electron chi connectivity index (χ2n) is 5.78. The lowest BCUT2D eigenvalue weighted by atomic mass is 10.1. The molecule has 0 saturated heterocycles. The van der Waals surface area contributed by atoms with Crippen LogP contribution in [0.1, 0.15) is 43.3 Å². The van der Waals surface area contributed by atoms with Gasteiger partial charge in [-0.3, -0.25) is 4.79 Å². The number of hydrogen-bond donors (Lipinski definition) is 3. The summed E-state index contributed by atoms with van der Waals surface area (Å²) in [7, 11) is 0. The fraction of sp³-hybridized carbons (Fsp3) is 0.692. The van der Waals surface area contributed by atoms with E-state index in [2.05, 4.69) is 10.3 Å². The van der Waals surface area contributed by atoms with Crippen LogP contribution in [0.4, 0.5) is 10.9 Å². The molecule has 112 valence electrons. The molecule has 1 aromatic heterocycles. The van der Waals surface area contributed by atoms with E-state index >= 15 is 0 Å². The number of hydrogen-bond acceptors (Lipinski definition) is 6. The molecule has 4 N–H and O–H groups in total. The number of nitrogens with one attached hydrogen (secondary N) is 1. The largest absolute Gasteiger partial charge is 0.389 e. The molecule has 1 aliphatic rings. The lowest BCUT2D eigenvalue weighted by molar-refractivity contribution is 0.0317. The lowest BCUT2D eigenvalue weighted by Gasteiger charge is -2.27. The number of amides is 1. The molecule has 20 heavy (non-hydrogen) atoms. The SMILES string of the molecule is CCN(CC(C)(C)O)C(=O)c1sc(NC2CC2)nc1N. The highest BCUT2D eigenvalue weighted by molar-refractivity contribution is 7.18. The molecular formula is C13H22N4O2S. The highest BCUT2D eigenvalue weighted by Gasteiger charge is 2.27. The lowest BCUT2D eigenvalue weighted by Crippen LogP contribution is -2.42. The van der Waals surface area contributed by atoms with Gasteiger partial charge in [-0.2, -0.15) is 0 Å². The summed E-state index contributed by atoms with van der Waals surface area (Å²) in [5.41, 5.74) is 4.91. The van der Waals surface area contributed by atoms with Crippen LogP contribution in [0.3, 0.4) is 0 Å². The molecule has 6 nitrogen and oxygen atoms in total. The summed E-state index contributed by atoms with van der Waals surface area (Å²) < 4.78 is 0. The van der Waals surface area contributed by atoms with Crippen LogP contribution >= 0.6 is 11.3 Å². The molecule has 1 fully saturated rings. The minimum atomic E-state index is -0.930. The van der Waals surface area contributed by atoms with Gasteiger partial charge in [0.1, 0.15) is 10.7 Å². The molecule has 7 heteroatoms. The van der Waals surface area contributed by atoms with Crippen molar-refractivity contribution in [3.8, 4) is 0 Å². The minimum absolute atomic E-state index is 0.173. The maximum atomic E-state index is 12.5. The molecule has 1 aromatic rings. The van der Waals surface area contributed by atoms with E-state index in [1.165, 1.54) is 11.3 Å². The Labute approximate surface area is 123 Å². The molecule has 1 saturated carbocycles. The normalized spacial score (nSPS) is 15.2. The molecule has 0 aliphatic heterocycles. The van der Waals surface area contributed by atoms with Crippen molar-refractivity contribution in [2.75, 3.05) is 24.1 Å². The van der Waals surface area contributed by atoms with Gasteiger partial charge < -0.3 is 21.1 Å². The predicted molar refractivity (Wildman–Crippen MR) is 81.0 cm³/mol. The number of nitrogens with two attached hydrogens (primary N) is 1. The van der Waals surface area contributed by atoms with Gasteiger partial charge in [-0.1, -0.05) is 11.3 Å². The van der Waals surface area contributed by atoms with Crippen molar-refractivity contribution in [1.82, 2.24) is 9.88 Å². The first-order chi connectivity index (χ1) is 9.30. The zero-order chi connectivity index (χ0) is 14.9. The Morgan fingerprint density at radius 1 is 1.60 bits per heavy atom. The Morgan fingerprint density at radius 3 is 2.75 bits per heavy atom. The van der Waals surface area contributed by atoms with Crippen molar-refractivity contribution < 1.29 is 9.90 Å². The third kappa shape index (κ3) is 3.83. The molecule has 1 amide bonds. The number of aliphatic hydroxyl groups is 1. The van der Waals surface area contributed by atoms with Crippen LogP contribution in [-0.2, 0) is 0 Å². The third-order valence-electron chi connectivity index (χ3n) is 3.00.